The second kappa shape index (κ2) is 8.69. The van der Waals surface area contributed by atoms with E-state index in [1.54, 1.807) is 36.4 Å². The SMILES string of the molecule is O=C(O)[C@H](CO)N(Cc1ccccc1)C(=O)OCc1ccccc1. The molecule has 0 aromatic heterocycles. The number of benzene rings is 2. The molecular weight excluding hydrogens is 310 g/mol. The van der Waals surface area contributed by atoms with Gasteiger partial charge in [0.05, 0.1) is 13.2 Å². The summed E-state index contributed by atoms with van der Waals surface area (Å²) in [5.74, 6) is -1.29. The standard InChI is InChI=1S/C18H19NO5/c20-12-16(17(21)22)19(11-14-7-3-1-4-8-14)18(23)24-13-15-9-5-2-6-10-15/h1-10,16,20H,11-13H2,(H,21,22)/t16-/m0/s1. The lowest BCUT2D eigenvalue weighted by Gasteiger charge is -2.27. The highest BCUT2D eigenvalue weighted by molar-refractivity contribution is 5.80. The van der Waals surface area contributed by atoms with Crippen molar-refractivity contribution < 1.29 is 24.5 Å². The van der Waals surface area contributed by atoms with Gasteiger partial charge in [0.25, 0.3) is 0 Å². The Bertz CT molecular complexity index is 660. The zero-order valence-electron chi connectivity index (χ0n) is 13.0. The molecule has 0 aliphatic carbocycles. The second-order valence-electron chi connectivity index (χ2n) is 5.19. The van der Waals surface area contributed by atoms with Crippen LogP contribution in [0.25, 0.3) is 0 Å². The van der Waals surface area contributed by atoms with E-state index in [0.29, 0.717) is 0 Å². The predicted octanol–water partition coefficient (Wildman–Crippen LogP) is 2.27. The van der Waals surface area contributed by atoms with Crippen LogP contribution >= 0.6 is 0 Å². The van der Waals surface area contributed by atoms with E-state index >= 15 is 0 Å². The molecule has 2 aromatic carbocycles. The van der Waals surface area contributed by atoms with Crippen LogP contribution < -0.4 is 0 Å². The normalized spacial score (nSPS) is 11.5. The Labute approximate surface area is 139 Å². The minimum Gasteiger partial charge on any atom is -0.480 e. The molecule has 0 fully saturated rings. The number of carboxylic acid groups (broad SMARTS) is 1. The molecule has 2 N–H and O–H groups in total. The number of ether oxygens (including phenoxy) is 1. The number of carbonyl (C=O) groups is 2. The molecule has 1 atom stereocenters. The highest BCUT2D eigenvalue weighted by Gasteiger charge is 2.30. The van der Waals surface area contributed by atoms with Crippen molar-refractivity contribution in [2.75, 3.05) is 6.61 Å². The van der Waals surface area contributed by atoms with E-state index in [9.17, 15) is 19.8 Å². The van der Waals surface area contributed by atoms with Gasteiger partial charge in [0.15, 0.2) is 6.04 Å². The van der Waals surface area contributed by atoms with Crippen LogP contribution in [0.2, 0.25) is 0 Å². The van der Waals surface area contributed by atoms with Crippen molar-refractivity contribution in [1.29, 1.82) is 0 Å². The van der Waals surface area contributed by atoms with Crippen molar-refractivity contribution in [3.05, 3.63) is 71.8 Å². The highest BCUT2D eigenvalue weighted by atomic mass is 16.6. The molecule has 6 heteroatoms. The first kappa shape index (κ1) is 17.5. The van der Waals surface area contributed by atoms with Crippen molar-refractivity contribution in [3.8, 4) is 0 Å². The van der Waals surface area contributed by atoms with E-state index in [2.05, 4.69) is 0 Å². The molecule has 0 aliphatic heterocycles. The van der Waals surface area contributed by atoms with E-state index in [4.69, 9.17) is 4.74 Å². The van der Waals surface area contributed by atoms with Crippen LogP contribution in [0.15, 0.2) is 60.7 Å². The molecule has 0 saturated heterocycles. The Balaban J connectivity index is 2.11. The van der Waals surface area contributed by atoms with Gasteiger partial charge in [-0.05, 0) is 11.1 Å². The fourth-order valence-electron chi connectivity index (χ4n) is 2.19. The Hall–Kier alpha value is -2.86. The Morgan fingerprint density at radius 2 is 1.50 bits per heavy atom. The largest absolute Gasteiger partial charge is 0.480 e. The molecule has 2 aromatic rings. The third kappa shape index (κ3) is 4.82. The number of amides is 1. The van der Waals surface area contributed by atoms with Gasteiger partial charge in [-0.3, -0.25) is 4.90 Å². The van der Waals surface area contributed by atoms with Crippen LogP contribution in [0, 0.1) is 0 Å². The maximum absolute atomic E-state index is 12.4. The lowest BCUT2D eigenvalue weighted by molar-refractivity contribution is -0.144. The molecule has 0 unspecified atom stereocenters. The van der Waals surface area contributed by atoms with Crippen molar-refractivity contribution in [2.24, 2.45) is 0 Å². The molecule has 0 radical (unpaired) electrons. The number of aliphatic hydroxyl groups excluding tert-OH is 1. The number of aliphatic hydroxyl groups is 1. The van der Waals surface area contributed by atoms with Crippen LogP contribution in [-0.2, 0) is 22.7 Å². The molecule has 6 nitrogen and oxygen atoms in total. The first-order valence-electron chi connectivity index (χ1n) is 7.46. The fraction of sp³-hybridized carbons (Fsp3) is 0.222. The predicted molar refractivity (Wildman–Crippen MR) is 87.1 cm³/mol. The monoisotopic (exact) mass is 329 g/mol. The third-order valence-corrected chi connectivity index (χ3v) is 3.47. The lowest BCUT2D eigenvalue weighted by Crippen LogP contribution is -2.47. The number of carboxylic acids is 1. The van der Waals surface area contributed by atoms with E-state index < -0.39 is 24.7 Å². The molecule has 2 rings (SSSR count). The van der Waals surface area contributed by atoms with Gasteiger partial charge >= 0.3 is 12.1 Å². The summed E-state index contributed by atoms with van der Waals surface area (Å²) in [5, 5.41) is 18.6. The van der Waals surface area contributed by atoms with Gasteiger partial charge in [0, 0.05) is 0 Å². The first-order valence-corrected chi connectivity index (χ1v) is 7.46. The molecular formula is C18H19NO5. The van der Waals surface area contributed by atoms with Crippen molar-refractivity contribution in [2.45, 2.75) is 19.2 Å². The van der Waals surface area contributed by atoms with Gasteiger partial charge in [0.2, 0.25) is 0 Å². The average Bonchev–Trinajstić information content (AvgIpc) is 2.61. The quantitative estimate of drug-likeness (QED) is 0.814. The highest BCUT2D eigenvalue weighted by Crippen LogP contribution is 2.12. The smallest absolute Gasteiger partial charge is 0.411 e. The Morgan fingerprint density at radius 1 is 0.958 bits per heavy atom. The molecule has 0 spiro atoms. The summed E-state index contributed by atoms with van der Waals surface area (Å²) in [5.41, 5.74) is 1.54. The van der Waals surface area contributed by atoms with Crippen LogP contribution in [0.3, 0.4) is 0 Å². The summed E-state index contributed by atoms with van der Waals surface area (Å²) in [4.78, 5) is 24.7. The number of rotatable bonds is 7. The average molecular weight is 329 g/mol. The lowest BCUT2D eigenvalue weighted by atomic mass is 10.2. The van der Waals surface area contributed by atoms with Crippen LogP contribution in [-0.4, -0.2) is 39.8 Å². The Kier molecular flexibility index (Phi) is 6.33. The van der Waals surface area contributed by atoms with Gasteiger partial charge in [-0.15, -0.1) is 0 Å². The van der Waals surface area contributed by atoms with Gasteiger partial charge in [-0.2, -0.15) is 0 Å². The maximum atomic E-state index is 12.4. The van der Waals surface area contributed by atoms with Crippen LogP contribution in [0.4, 0.5) is 4.79 Å². The van der Waals surface area contributed by atoms with Crippen molar-refractivity contribution in [1.82, 2.24) is 4.90 Å². The van der Waals surface area contributed by atoms with Gasteiger partial charge in [-0.1, -0.05) is 60.7 Å². The first-order chi connectivity index (χ1) is 11.6. The molecule has 0 aliphatic rings. The summed E-state index contributed by atoms with van der Waals surface area (Å²) in [6.07, 6.45) is -0.788. The molecule has 0 bridgehead atoms. The number of hydrogen-bond donors (Lipinski definition) is 2. The summed E-state index contributed by atoms with van der Waals surface area (Å²) in [6.45, 7) is -0.628. The van der Waals surface area contributed by atoms with Crippen LogP contribution in [0.5, 0.6) is 0 Å². The van der Waals surface area contributed by atoms with Gasteiger partial charge < -0.3 is 14.9 Å². The Morgan fingerprint density at radius 3 is 2.00 bits per heavy atom. The van der Waals surface area contributed by atoms with Gasteiger partial charge in [0.1, 0.15) is 6.61 Å². The minimum absolute atomic E-state index is 0.0305. The fourth-order valence-corrected chi connectivity index (χ4v) is 2.19. The van der Waals surface area contributed by atoms with E-state index in [0.717, 1.165) is 16.0 Å². The van der Waals surface area contributed by atoms with E-state index in [-0.39, 0.29) is 13.2 Å². The summed E-state index contributed by atoms with van der Waals surface area (Å²) < 4.78 is 5.21. The molecule has 24 heavy (non-hydrogen) atoms. The van der Waals surface area contributed by atoms with Crippen LogP contribution in [0.1, 0.15) is 11.1 Å². The number of nitrogens with zero attached hydrogens (tertiary/aromatic N) is 1. The van der Waals surface area contributed by atoms with E-state index in [1.165, 1.54) is 0 Å². The van der Waals surface area contributed by atoms with Gasteiger partial charge in [-0.25, -0.2) is 9.59 Å². The second-order valence-corrected chi connectivity index (χ2v) is 5.19. The molecule has 0 heterocycles. The third-order valence-electron chi connectivity index (χ3n) is 3.47. The van der Waals surface area contributed by atoms with E-state index in [1.807, 2.05) is 24.3 Å². The number of aliphatic carboxylic acids is 1. The molecule has 1 amide bonds. The number of hydrogen-bond acceptors (Lipinski definition) is 4. The topological polar surface area (TPSA) is 87.1 Å². The molecule has 126 valence electrons. The molecule has 0 saturated carbocycles. The van der Waals surface area contributed by atoms with Crippen molar-refractivity contribution in [3.63, 3.8) is 0 Å². The zero-order valence-corrected chi connectivity index (χ0v) is 13.0. The zero-order chi connectivity index (χ0) is 17.4. The maximum Gasteiger partial charge on any atom is 0.411 e. The summed E-state index contributed by atoms with van der Waals surface area (Å²) in [7, 11) is 0. The minimum atomic E-state index is -1.37. The van der Waals surface area contributed by atoms with Crippen molar-refractivity contribution >= 4 is 12.1 Å². The summed E-state index contributed by atoms with van der Waals surface area (Å²) in [6, 6.07) is 16.7. The number of carbonyl (C=O) groups excluding carboxylic acids is 1. The summed E-state index contributed by atoms with van der Waals surface area (Å²) >= 11 is 0.